The summed E-state index contributed by atoms with van der Waals surface area (Å²) in [6.07, 6.45) is 0.390. The lowest BCUT2D eigenvalue weighted by molar-refractivity contribution is -0.139. The molecule has 0 unspecified atom stereocenters. The van der Waals surface area contributed by atoms with E-state index >= 15 is 0 Å². The van der Waals surface area contributed by atoms with Crippen LogP contribution in [0.25, 0.3) is 0 Å². The molecule has 0 bridgehead atoms. The van der Waals surface area contributed by atoms with E-state index in [0.29, 0.717) is 6.42 Å². The van der Waals surface area contributed by atoms with Gasteiger partial charge in [-0.3, -0.25) is 9.59 Å². The Kier molecular flexibility index (Phi) is 6.16. The lowest BCUT2D eigenvalue weighted by Gasteiger charge is -2.20. The lowest BCUT2D eigenvalue weighted by Crippen LogP contribution is -2.48. The highest BCUT2D eigenvalue weighted by Gasteiger charge is 2.20. The fraction of sp³-hybridized carbons (Fsp3) is 0.833. The maximum absolute atomic E-state index is 11.5. The van der Waals surface area contributed by atoms with Crippen LogP contribution in [0.2, 0.25) is 0 Å². The van der Waals surface area contributed by atoms with Crippen LogP contribution in [0.1, 0.15) is 41.0 Å². The second-order valence-corrected chi connectivity index (χ2v) is 5.75. The molecule has 100 valence electrons. The number of carboxylic acids is 1. The fourth-order valence-electron chi connectivity index (χ4n) is 1.38. The number of aliphatic carboxylic acids is 1. The molecule has 0 saturated heterocycles. The number of nitrogens with one attached hydrogen (secondary N) is 2. The van der Waals surface area contributed by atoms with Crippen molar-refractivity contribution in [2.75, 3.05) is 6.54 Å². The van der Waals surface area contributed by atoms with Crippen LogP contribution in [0.3, 0.4) is 0 Å². The summed E-state index contributed by atoms with van der Waals surface area (Å²) in [5.41, 5.74) is -0.0890. The van der Waals surface area contributed by atoms with Gasteiger partial charge < -0.3 is 15.7 Å². The third-order valence-electron chi connectivity index (χ3n) is 2.03. The van der Waals surface area contributed by atoms with Crippen LogP contribution in [0, 0.1) is 5.41 Å². The van der Waals surface area contributed by atoms with Gasteiger partial charge in [0, 0.05) is 19.0 Å². The molecule has 0 aromatic heterocycles. The predicted octanol–water partition coefficient (Wildman–Crippen LogP) is 0.990. The topological polar surface area (TPSA) is 78.4 Å². The van der Waals surface area contributed by atoms with Crippen molar-refractivity contribution in [1.82, 2.24) is 10.6 Å². The minimum Gasteiger partial charge on any atom is -0.480 e. The summed E-state index contributed by atoms with van der Waals surface area (Å²) in [7, 11) is 0. The average Bonchev–Trinajstić information content (AvgIpc) is 2.08. The molecule has 0 spiro atoms. The van der Waals surface area contributed by atoms with Gasteiger partial charge in [-0.1, -0.05) is 34.6 Å². The average molecular weight is 244 g/mol. The van der Waals surface area contributed by atoms with E-state index in [9.17, 15) is 9.59 Å². The van der Waals surface area contributed by atoms with Gasteiger partial charge in [-0.15, -0.1) is 0 Å². The Morgan fingerprint density at radius 2 is 1.76 bits per heavy atom. The zero-order chi connectivity index (χ0) is 13.6. The standard InChI is InChI=1S/C12H24N2O3/c1-8(2)14-9(11(16)17)7-13-10(15)6-12(3,4)5/h8-9,14H,6-7H2,1-5H3,(H,13,15)(H,16,17)/t9-/m0/s1. The second-order valence-electron chi connectivity index (χ2n) is 5.75. The highest BCUT2D eigenvalue weighted by Crippen LogP contribution is 2.17. The van der Waals surface area contributed by atoms with Crippen LogP contribution in [-0.2, 0) is 9.59 Å². The minimum atomic E-state index is -0.949. The largest absolute Gasteiger partial charge is 0.480 e. The van der Waals surface area contributed by atoms with Crippen LogP contribution >= 0.6 is 0 Å². The lowest BCUT2D eigenvalue weighted by atomic mass is 9.92. The van der Waals surface area contributed by atoms with Gasteiger partial charge in [0.2, 0.25) is 5.91 Å². The minimum absolute atomic E-state index is 0.0654. The highest BCUT2D eigenvalue weighted by atomic mass is 16.4. The van der Waals surface area contributed by atoms with Gasteiger partial charge in [0.25, 0.3) is 0 Å². The summed E-state index contributed by atoms with van der Waals surface area (Å²) in [6.45, 7) is 9.75. The van der Waals surface area contributed by atoms with Crippen molar-refractivity contribution in [3.63, 3.8) is 0 Å². The van der Waals surface area contributed by atoms with Crippen molar-refractivity contribution in [2.24, 2.45) is 5.41 Å². The molecule has 0 radical (unpaired) electrons. The van der Waals surface area contributed by atoms with Crippen molar-refractivity contribution in [1.29, 1.82) is 0 Å². The normalized spacial score (nSPS) is 13.5. The molecule has 17 heavy (non-hydrogen) atoms. The van der Waals surface area contributed by atoms with Crippen molar-refractivity contribution < 1.29 is 14.7 Å². The molecule has 0 heterocycles. The van der Waals surface area contributed by atoms with Crippen LogP contribution in [-0.4, -0.2) is 35.6 Å². The molecule has 5 heteroatoms. The third kappa shape index (κ3) is 8.68. The first kappa shape index (κ1) is 15.9. The maximum atomic E-state index is 11.5. The van der Waals surface area contributed by atoms with Gasteiger partial charge in [0.1, 0.15) is 6.04 Å². The predicted molar refractivity (Wildman–Crippen MR) is 66.8 cm³/mol. The van der Waals surface area contributed by atoms with Crippen LogP contribution in [0.5, 0.6) is 0 Å². The van der Waals surface area contributed by atoms with Crippen molar-refractivity contribution in [2.45, 2.75) is 53.1 Å². The molecule has 3 N–H and O–H groups in total. The number of carbonyl (C=O) groups is 2. The van der Waals surface area contributed by atoms with E-state index in [2.05, 4.69) is 10.6 Å². The van der Waals surface area contributed by atoms with E-state index < -0.39 is 12.0 Å². The summed E-state index contributed by atoms with van der Waals surface area (Å²) < 4.78 is 0. The molecule has 1 atom stereocenters. The third-order valence-corrected chi connectivity index (χ3v) is 2.03. The van der Waals surface area contributed by atoms with Gasteiger partial charge in [0.15, 0.2) is 0 Å². The van der Waals surface area contributed by atoms with Crippen molar-refractivity contribution >= 4 is 11.9 Å². The second kappa shape index (κ2) is 6.59. The summed E-state index contributed by atoms with van der Waals surface area (Å²) in [4.78, 5) is 22.5. The summed E-state index contributed by atoms with van der Waals surface area (Å²) >= 11 is 0. The number of hydrogen-bond donors (Lipinski definition) is 3. The van der Waals surface area contributed by atoms with Crippen LogP contribution in [0.15, 0.2) is 0 Å². The van der Waals surface area contributed by atoms with E-state index in [1.54, 1.807) is 0 Å². The summed E-state index contributed by atoms with van der Waals surface area (Å²) in [5, 5.41) is 14.5. The molecule has 0 rings (SSSR count). The Balaban J connectivity index is 4.13. The molecule has 0 aliphatic carbocycles. The van der Waals surface area contributed by atoms with Crippen molar-refractivity contribution in [3.8, 4) is 0 Å². The molecule has 0 aliphatic heterocycles. The summed E-state index contributed by atoms with van der Waals surface area (Å²) in [6, 6.07) is -0.672. The molecule has 5 nitrogen and oxygen atoms in total. The van der Waals surface area contributed by atoms with E-state index in [0.717, 1.165) is 0 Å². The molecule has 0 aliphatic rings. The van der Waals surface area contributed by atoms with E-state index in [4.69, 9.17) is 5.11 Å². The number of rotatable bonds is 6. The highest BCUT2D eigenvalue weighted by molar-refractivity contribution is 5.78. The Morgan fingerprint density at radius 1 is 1.24 bits per heavy atom. The monoisotopic (exact) mass is 244 g/mol. The quantitative estimate of drug-likeness (QED) is 0.651. The van der Waals surface area contributed by atoms with Gasteiger partial charge in [0.05, 0.1) is 0 Å². The number of hydrogen-bond acceptors (Lipinski definition) is 3. The Hall–Kier alpha value is -1.10. The first-order valence-corrected chi connectivity index (χ1v) is 5.87. The Morgan fingerprint density at radius 3 is 2.12 bits per heavy atom. The molecule has 0 aromatic carbocycles. The van der Waals surface area contributed by atoms with Gasteiger partial charge >= 0.3 is 5.97 Å². The number of carbonyl (C=O) groups excluding carboxylic acids is 1. The first-order valence-electron chi connectivity index (χ1n) is 5.87. The fourth-order valence-corrected chi connectivity index (χ4v) is 1.38. The Labute approximate surface area is 103 Å². The molecule has 0 fully saturated rings. The SMILES string of the molecule is CC(C)N[C@@H](CNC(=O)CC(C)(C)C)C(=O)O. The molecule has 0 saturated carbocycles. The van der Waals surface area contributed by atoms with Crippen LogP contribution in [0.4, 0.5) is 0 Å². The smallest absolute Gasteiger partial charge is 0.322 e. The van der Waals surface area contributed by atoms with E-state index in [1.807, 2.05) is 34.6 Å². The first-order chi connectivity index (χ1) is 7.61. The van der Waals surface area contributed by atoms with Gasteiger partial charge in [-0.05, 0) is 5.41 Å². The van der Waals surface area contributed by atoms with Gasteiger partial charge in [-0.25, -0.2) is 0 Å². The summed E-state index contributed by atoms with van der Waals surface area (Å²) in [5.74, 6) is -1.07. The van der Waals surface area contributed by atoms with Crippen LogP contribution < -0.4 is 10.6 Å². The van der Waals surface area contributed by atoms with E-state index in [-0.39, 0.29) is 23.9 Å². The molecule has 1 amide bonds. The zero-order valence-electron chi connectivity index (χ0n) is 11.3. The number of amides is 1. The van der Waals surface area contributed by atoms with Gasteiger partial charge in [-0.2, -0.15) is 0 Å². The molecular weight excluding hydrogens is 220 g/mol. The molecule has 0 aromatic rings. The molecular formula is C12H24N2O3. The zero-order valence-corrected chi connectivity index (χ0v) is 11.3. The number of carboxylic acid groups (broad SMARTS) is 1. The van der Waals surface area contributed by atoms with Crippen molar-refractivity contribution in [3.05, 3.63) is 0 Å². The Bertz CT molecular complexity index is 269. The van der Waals surface area contributed by atoms with E-state index in [1.165, 1.54) is 0 Å². The maximum Gasteiger partial charge on any atom is 0.322 e.